The molecule has 0 bridgehead atoms. The first-order valence-corrected chi connectivity index (χ1v) is 9.08. The molecule has 23 heavy (non-hydrogen) atoms. The summed E-state index contributed by atoms with van der Waals surface area (Å²) in [6.07, 6.45) is 7.70. The standard InChI is InChI=1S/C16H27N5O2/c1-2-4-15-14(3-1)20(7-10-23-15)12-16-17-18-19-21(16)11-13-5-8-22-9-6-13/h13-15H,1-12H2/t14-,15+/m0/s1. The van der Waals surface area contributed by atoms with Crippen molar-refractivity contribution in [3.05, 3.63) is 5.82 Å². The Morgan fingerprint density at radius 3 is 2.83 bits per heavy atom. The number of nitrogens with zero attached hydrogens (tertiary/aromatic N) is 5. The minimum atomic E-state index is 0.414. The molecule has 1 aromatic heterocycles. The second kappa shape index (κ2) is 7.23. The smallest absolute Gasteiger partial charge is 0.165 e. The zero-order chi connectivity index (χ0) is 15.5. The van der Waals surface area contributed by atoms with Crippen LogP contribution >= 0.6 is 0 Å². The van der Waals surface area contributed by atoms with Gasteiger partial charge in [-0.2, -0.15) is 0 Å². The fourth-order valence-corrected chi connectivity index (χ4v) is 4.21. The molecule has 3 fully saturated rings. The van der Waals surface area contributed by atoms with Gasteiger partial charge in [0.05, 0.1) is 19.3 Å². The van der Waals surface area contributed by atoms with Crippen molar-refractivity contribution >= 4 is 0 Å². The van der Waals surface area contributed by atoms with Crippen molar-refractivity contribution in [2.75, 3.05) is 26.4 Å². The molecule has 1 aliphatic carbocycles. The Labute approximate surface area is 137 Å². The Morgan fingerprint density at radius 2 is 1.91 bits per heavy atom. The van der Waals surface area contributed by atoms with Gasteiger partial charge in [-0.3, -0.25) is 4.90 Å². The van der Waals surface area contributed by atoms with Gasteiger partial charge in [0.2, 0.25) is 0 Å². The predicted molar refractivity (Wildman–Crippen MR) is 83.8 cm³/mol. The van der Waals surface area contributed by atoms with E-state index in [9.17, 15) is 0 Å². The first-order chi connectivity index (χ1) is 11.4. The van der Waals surface area contributed by atoms with Crippen molar-refractivity contribution in [2.24, 2.45) is 5.92 Å². The summed E-state index contributed by atoms with van der Waals surface area (Å²) in [5, 5.41) is 12.5. The quantitative estimate of drug-likeness (QED) is 0.831. The number of tetrazole rings is 1. The van der Waals surface area contributed by atoms with Gasteiger partial charge in [-0.15, -0.1) is 5.10 Å². The predicted octanol–water partition coefficient (Wildman–Crippen LogP) is 1.24. The van der Waals surface area contributed by atoms with E-state index in [1.165, 1.54) is 25.7 Å². The van der Waals surface area contributed by atoms with Crippen molar-refractivity contribution in [3.8, 4) is 0 Å². The summed E-state index contributed by atoms with van der Waals surface area (Å²) in [7, 11) is 0. The summed E-state index contributed by atoms with van der Waals surface area (Å²) in [5.41, 5.74) is 0. The minimum Gasteiger partial charge on any atom is -0.381 e. The van der Waals surface area contributed by atoms with Gasteiger partial charge >= 0.3 is 0 Å². The summed E-state index contributed by atoms with van der Waals surface area (Å²) >= 11 is 0. The molecule has 7 nitrogen and oxygen atoms in total. The molecule has 4 rings (SSSR count). The molecule has 0 unspecified atom stereocenters. The molecular weight excluding hydrogens is 294 g/mol. The number of fused-ring (bicyclic) bond motifs is 1. The second-order valence-corrected chi connectivity index (χ2v) is 7.06. The first-order valence-electron chi connectivity index (χ1n) is 9.08. The number of aromatic nitrogens is 4. The number of hydrogen-bond donors (Lipinski definition) is 0. The molecule has 7 heteroatoms. The highest BCUT2D eigenvalue weighted by Gasteiger charge is 2.34. The molecule has 2 saturated heterocycles. The van der Waals surface area contributed by atoms with Gasteiger partial charge in [0.25, 0.3) is 0 Å². The van der Waals surface area contributed by atoms with Crippen LogP contribution in [0.1, 0.15) is 44.3 Å². The molecule has 3 aliphatic rings. The Kier molecular flexibility index (Phi) is 4.87. The van der Waals surface area contributed by atoms with Crippen molar-refractivity contribution in [2.45, 2.75) is 63.8 Å². The lowest BCUT2D eigenvalue weighted by molar-refractivity contribution is -0.0922. The van der Waals surface area contributed by atoms with Crippen LogP contribution in [0.4, 0.5) is 0 Å². The SMILES string of the molecule is C1CC[C@H]2[C@@H](C1)OCCN2Cc1nnnn1CC1CCOCC1. The Bertz CT molecular complexity index is 500. The third-order valence-corrected chi connectivity index (χ3v) is 5.57. The zero-order valence-electron chi connectivity index (χ0n) is 13.8. The fraction of sp³-hybridized carbons (Fsp3) is 0.938. The molecule has 128 valence electrons. The molecule has 0 aromatic carbocycles. The highest BCUT2D eigenvalue weighted by Crippen LogP contribution is 2.29. The highest BCUT2D eigenvalue weighted by atomic mass is 16.5. The molecule has 1 aromatic rings. The molecule has 2 aliphatic heterocycles. The molecule has 0 spiro atoms. The maximum atomic E-state index is 5.97. The van der Waals surface area contributed by atoms with Crippen molar-refractivity contribution in [1.29, 1.82) is 0 Å². The molecule has 0 radical (unpaired) electrons. The Morgan fingerprint density at radius 1 is 1.04 bits per heavy atom. The minimum absolute atomic E-state index is 0.414. The number of ether oxygens (including phenoxy) is 2. The van der Waals surface area contributed by atoms with Gasteiger partial charge in [-0.05, 0) is 42.0 Å². The van der Waals surface area contributed by atoms with Gasteiger partial charge in [0.1, 0.15) is 0 Å². The third-order valence-electron chi connectivity index (χ3n) is 5.57. The zero-order valence-corrected chi connectivity index (χ0v) is 13.8. The summed E-state index contributed by atoms with van der Waals surface area (Å²) in [6, 6.07) is 0.547. The van der Waals surface area contributed by atoms with Gasteiger partial charge in [-0.25, -0.2) is 4.68 Å². The molecule has 1 saturated carbocycles. The Balaban J connectivity index is 1.41. The van der Waals surface area contributed by atoms with Crippen LogP contribution in [0.25, 0.3) is 0 Å². The van der Waals surface area contributed by atoms with Gasteiger partial charge in [-0.1, -0.05) is 12.8 Å². The van der Waals surface area contributed by atoms with Crippen LogP contribution in [0.5, 0.6) is 0 Å². The van der Waals surface area contributed by atoms with Crippen LogP contribution in [0.2, 0.25) is 0 Å². The van der Waals surface area contributed by atoms with E-state index in [0.29, 0.717) is 18.1 Å². The van der Waals surface area contributed by atoms with Crippen LogP contribution in [0.3, 0.4) is 0 Å². The third kappa shape index (κ3) is 3.56. The molecule has 3 heterocycles. The van der Waals surface area contributed by atoms with Crippen molar-refractivity contribution in [3.63, 3.8) is 0 Å². The number of hydrogen-bond acceptors (Lipinski definition) is 6. The molecular formula is C16H27N5O2. The van der Waals surface area contributed by atoms with E-state index in [-0.39, 0.29) is 0 Å². The van der Waals surface area contributed by atoms with E-state index in [2.05, 4.69) is 20.4 Å². The molecule has 0 N–H and O–H groups in total. The first kappa shape index (κ1) is 15.5. The lowest BCUT2D eigenvalue weighted by Gasteiger charge is -2.43. The summed E-state index contributed by atoms with van der Waals surface area (Å²) < 4.78 is 13.4. The van der Waals surface area contributed by atoms with Crippen LogP contribution in [-0.4, -0.2) is 63.6 Å². The van der Waals surface area contributed by atoms with Gasteiger partial charge in [0, 0.05) is 32.3 Å². The van der Waals surface area contributed by atoms with Crippen LogP contribution in [-0.2, 0) is 22.6 Å². The molecule has 0 amide bonds. The van der Waals surface area contributed by atoms with E-state index in [1.807, 2.05) is 4.68 Å². The maximum absolute atomic E-state index is 5.97. The van der Waals surface area contributed by atoms with E-state index in [1.54, 1.807) is 0 Å². The van der Waals surface area contributed by atoms with Crippen molar-refractivity contribution < 1.29 is 9.47 Å². The molecule has 2 atom stereocenters. The topological polar surface area (TPSA) is 65.3 Å². The lowest BCUT2D eigenvalue weighted by atomic mass is 9.90. The highest BCUT2D eigenvalue weighted by molar-refractivity contribution is 4.91. The van der Waals surface area contributed by atoms with Crippen LogP contribution in [0, 0.1) is 5.92 Å². The van der Waals surface area contributed by atoms with E-state index in [0.717, 1.165) is 58.1 Å². The lowest BCUT2D eigenvalue weighted by Crippen LogP contribution is -2.52. The number of morpholine rings is 1. The van der Waals surface area contributed by atoms with E-state index < -0.39 is 0 Å². The van der Waals surface area contributed by atoms with E-state index in [4.69, 9.17) is 9.47 Å². The second-order valence-electron chi connectivity index (χ2n) is 7.06. The van der Waals surface area contributed by atoms with Gasteiger partial charge in [0.15, 0.2) is 5.82 Å². The van der Waals surface area contributed by atoms with E-state index >= 15 is 0 Å². The largest absolute Gasteiger partial charge is 0.381 e. The van der Waals surface area contributed by atoms with Crippen molar-refractivity contribution in [1.82, 2.24) is 25.1 Å². The maximum Gasteiger partial charge on any atom is 0.165 e. The van der Waals surface area contributed by atoms with Gasteiger partial charge < -0.3 is 9.47 Å². The number of rotatable bonds is 4. The van der Waals surface area contributed by atoms with Crippen LogP contribution < -0.4 is 0 Å². The normalized spacial score (nSPS) is 30.3. The summed E-state index contributed by atoms with van der Waals surface area (Å²) in [4.78, 5) is 2.54. The summed E-state index contributed by atoms with van der Waals surface area (Å²) in [5.74, 6) is 1.64. The van der Waals surface area contributed by atoms with Crippen LogP contribution in [0.15, 0.2) is 0 Å². The fourth-order valence-electron chi connectivity index (χ4n) is 4.21. The average molecular weight is 321 g/mol. The summed E-state index contributed by atoms with van der Waals surface area (Å²) in [6.45, 7) is 5.34. The monoisotopic (exact) mass is 321 g/mol. The Hall–Kier alpha value is -1.05. The average Bonchev–Trinajstić information content (AvgIpc) is 3.03.